The van der Waals surface area contributed by atoms with Gasteiger partial charge in [0.2, 0.25) is 5.91 Å². The Bertz CT molecular complexity index is 1940. The van der Waals surface area contributed by atoms with E-state index in [1.54, 1.807) is 32.2 Å². The van der Waals surface area contributed by atoms with E-state index in [1.165, 1.54) is 39.7 Å². The fourth-order valence-corrected chi connectivity index (χ4v) is 5.40. The number of sulfone groups is 1. The molecular weight excluding hydrogens is 551 g/mol. The molecule has 2 aromatic heterocycles. The molecule has 13 heteroatoms. The quantitative estimate of drug-likeness (QED) is 0.287. The third kappa shape index (κ3) is 5.61. The predicted molar refractivity (Wildman–Crippen MR) is 151 cm³/mol. The molecule has 0 fully saturated rings. The minimum Gasteiger partial charge on any atom is -0.482 e. The van der Waals surface area contributed by atoms with E-state index in [0.717, 1.165) is 11.8 Å². The van der Waals surface area contributed by atoms with Crippen molar-refractivity contribution in [2.45, 2.75) is 31.9 Å². The van der Waals surface area contributed by atoms with Gasteiger partial charge in [-0.3, -0.25) is 13.9 Å². The second-order valence-electron chi connectivity index (χ2n) is 9.78. The zero-order valence-corrected chi connectivity index (χ0v) is 23.5. The second kappa shape index (κ2) is 10.7. The SMILES string of the molecule is Cc1cc(-c2cc(C)c(OCc3nnc[nH]3)c(F)c2)c2c(c1)n(CC(=O)Nc1cccc(S(C)(=O)=O)c1)c(=O)n2C. The van der Waals surface area contributed by atoms with Gasteiger partial charge >= 0.3 is 5.69 Å². The average Bonchev–Trinajstić information content (AvgIpc) is 3.50. The Labute approximate surface area is 234 Å². The molecule has 0 spiro atoms. The van der Waals surface area contributed by atoms with E-state index < -0.39 is 27.3 Å². The molecule has 2 N–H and O–H groups in total. The summed E-state index contributed by atoms with van der Waals surface area (Å²) in [6.07, 6.45) is 2.49. The number of aromatic amines is 1. The van der Waals surface area contributed by atoms with Crippen molar-refractivity contribution >= 4 is 32.5 Å². The van der Waals surface area contributed by atoms with Gasteiger partial charge in [0, 0.05) is 24.6 Å². The Morgan fingerprint density at radius 3 is 2.61 bits per heavy atom. The van der Waals surface area contributed by atoms with E-state index in [4.69, 9.17) is 4.74 Å². The number of aromatic nitrogens is 5. The Morgan fingerprint density at radius 1 is 1.15 bits per heavy atom. The summed E-state index contributed by atoms with van der Waals surface area (Å²) < 4.78 is 47.4. The largest absolute Gasteiger partial charge is 0.482 e. The number of hydrogen-bond donors (Lipinski definition) is 2. The summed E-state index contributed by atoms with van der Waals surface area (Å²) in [6, 6.07) is 12.6. The highest BCUT2D eigenvalue weighted by Gasteiger charge is 2.20. The number of rotatable bonds is 8. The van der Waals surface area contributed by atoms with Gasteiger partial charge in [-0.2, -0.15) is 0 Å². The summed E-state index contributed by atoms with van der Waals surface area (Å²) in [5.41, 5.74) is 3.39. The van der Waals surface area contributed by atoms with Crippen LogP contribution in [-0.4, -0.2) is 44.9 Å². The Morgan fingerprint density at radius 2 is 1.93 bits per heavy atom. The highest BCUT2D eigenvalue weighted by molar-refractivity contribution is 7.90. The first-order valence-corrected chi connectivity index (χ1v) is 14.4. The summed E-state index contributed by atoms with van der Waals surface area (Å²) in [4.78, 5) is 29.1. The number of nitrogens with one attached hydrogen (secondary N) is 2. The number of aryl methyl sites for hydroxylation is 3. The lowest BCUT2D eigenvalue weighted by molar-refractivity contribution is -0.116. The third-order valence-electron chi connectivity index (χ3n) is 6.59. The number of hydrogen-bond acceptors (Lipinski definition) is 7. The molecule has 0 aliphatic carbocycles. The van der Waals surface area contributed by atoms with Crippen LogP contribution in [0.1, 0.15) is 17.0 Å². The van der Waals surface area contributed by atoms with Crippen LogP contribution in [0.15, 0.2) is 64.5 Å². The van der Waals surface area contributed by atoms with Gasteiger partial charge < -0.3 is 15.0 Å². The molecule has 1 amide bonds. The average molecular weight is 579 g/mol. The van der Waals surface area contributed by atoms with Crippen LogP contribution in [0, 0.1) is 19.7 Å². The van der Waals surface area contributed by atoms with Gasteiger partial charge in [-0.25, -0.2) is 17.6 Å². The molecule has 0 radical (unpaired) electrons. The summed E-state index contributed by atoms with van der Waals surface area (Å²) in [6.45, 7) is 3.27. The lowest BCUT2D eigenvalue weighted by atomic mass is 9.99. The fourth-order valence-electron chi connectivity index (χ4n) is 4.73. The summed E-state index contributed by atoms with van der Waals surface area (Å²) >= 11 is 0. The molecule has 3 aromatic carbocycles. The van der Waals surface area contributed by atoms with E-state index in [9.17, 15) is 18.0 Å². The molecule has 0 atom stereocenters. The molecule has 2 heterocycles. The molecule has 0 saturated heterocycles. The maximum Gasteiger partial charge on any atom is 0.329 e. The first kappa shape index (κ1) is 27.8. The number of fused-ring (bicyclic) bond motifs is 1. The number of ether oxygens (including phenoxy) is 1. The summed E-state index contributed by atoms with van der Waals surface area (Å²) in [5, 5.41) is 10.2. The van der Waals surface area contributed by atoms with Gasteiger partial charge in [-0.05, 0) is 73.0 Å². The van der Waals surface area contributed by atoms with Crippen LogP contribution in [-0.2, 0) is 34.8 Å². The van der Waals surface area contributed by atoms with Crippen LogP contribution in [0.2, 0.25) is 0 Å². The van der Waals surface area contributed by atoms with E-state index in [-0.39, 0.29) is 23.8 Å². The van der Waals surface area contributed by atoms with Gasteiger partial charge in [0.15, 0.2) is 27.2 Å². The molecule has 5 rings (SSSR count). The number of benzene rings is 3. The third-order valence-corrected chi connectivity index (χ3v) is 7.70. The van der Waals surface area contributed by atoms with Crippen LogP contribution in [0.5, 0.6) is 5.75 Å². The number of amides is 1. The Kier molecular flexibility index (Phi) is 7.22. The fraction of sp³-hybridized carbons (Fsp3) is 0.214. The van der Waals surface area contributed by atoms with Gasteiger partial charge in [-0.15, -0.1) is 10.2 Å². The zero-order valence-electron chi connectivity index (χ0n) is 22.7. The van der Waals surface area contributed by atoms with Crippen molar-refractivity contribution in [3.05, 3.63) is 88.1 Å². The first-order chi connectivity index (χ1) is 19.4. The van der Waals surface area contributed by atoms with Crippen LogP contribution < -0.4 is 15.7 Å². The lowest BCUT2D eigenvalue weighted by Gasteiger charge is -2.13. The van der Waals surface area contributed by atoms with Crippen molar-refractivity contribution in [2.75, 3.05) is 11.6 Å². The van der Waals surface area contributed by atoms with E-state index in [1.807, 2.05) is 13.0 Å². The van der Waals surface area contributed by atoms with E-state index in [0.29, 0.717) is 39.2 Å². The molecule has 0 aliphatic rings. The number of carbonyl (C=O) groups excluding carboxylic acids is 1. The van der Waals surface area contributed by atoms with Gasteiger partial charge in [0.25, 0.3) is 0 Å². The Hall–Kier alpha value is -4.78. The van der Waals surface area contributed by atoms with Crippen LogP contribution in [0.4, 0.5) is 10.1 Å². The standard InChI is InChI=1S/C28H27FN6O5S/c1-16-8-21(18-10-17(2)27(22(29)11-18)40-14-24-30-15-31-33-24)26-23(9-16)35(28(37)34(26)3)13-25(36)32-19-6-5-7-20(12-19)41(4,38)39/h5-12,15H,13-14H2,1-4H3,(H,32,36)(H,30,31,33). The molecule has 212 valence electrons. The number of carbonyl (C=O) groups is 1. The molecule has 41 heavy (non-hydrogen) atoms. The highest BCUT2D eigenvalue weighted by atomic mass is 32.2. The van der Waals surface area contributed by atoms with Crippen molar-refractivity contribution in [3.63, 3.8) is 0 Å². The molecule has 0 unspecified atom stereocenters. The van der Waals surface area contributed by atoms with Crippen molar-refractivity contribution < 1.29 is 22.3 Å². The van der Waals surface area contributed by atoms with Crippen molar-refractivity contribution in [3.8, 4) is 16.9 Å². The molecular formula is C28H27FN6O5S. The molecule has 11 nitrogen and oxygen atoms in total. The molecule has 0 aliphatic heterocycles. The monoisotopic (exact) mass is 578 g/mol. The van der Waals surface area contributed by atoms with E-state index in [2.05, 4.69) is 20.5 Å². The summed E-state index contributed by atoms with van der Waals surface area (Å²) in [7, 11) is -1.87. The van der Waals surface area contributed by atoms with Gasteiger partial charge in [0.1, 0.15) is 19.5 Å². The number of imidazole rings is 1. The van der Waals surface area contributed by atoms with E-state index >= 15 is 4.39 Å². The lowest BCUT2D eigenvalue weighted by Crippen LogP contribution is -2.28. The zero-order chi connectivity index (χ0) is 29.5. The van der Waals surface area contributed by atoms with Crippen molar-refractivity contribution in [1.29, 1.82) is 0 Å². The topological polar surface area (TPSA) is 141 Å². The van der Waals surface area contributed by atoms with Gasteiger partial charge in [0.05, 0.1) is 15.9 Å². The van der Waals surface area contributed by atoms with Crippen molar-refractivity contribution in [2.24, 2.45) is 7.05 Å². The van der Waals surface area contributed by atoms with Crippen molar-refractivity contribution in [1.82, 2.24) is 24.3 Å². The molecule has 0 saturated carbocycles. The number of anilines is 1. The second-order valence-corrected chi connectivity index (χ2v) is 11.8. The smallest absolute Gasteiger partial charge is 0.329 e. The maximum absolute atomic E-state index is 15.3. The number of nitrogens with zero attached hydrogens (tertiary/aromatic N) is 4. The maximum atomic E-state index is 15.3. The van der Waals surface area contributed by atoms with Crippen LogP contribution in [0.3, 0.4) is 0 Å². The minimum atomic E-state index is -3.46. The predicted octanol–water partition coefficient (Wildman–Crippen LogP) is 3.50. The highest BCUT2D eigenvalue weighted by Crippen LogP contribution is 2.34. The molecule has 0 bridgehead atoms. The Balaban J connectivity index is 1.49. The molecule has 5 aromatic rings. The van der Waals surface area contributed by atoms with Crippen LogP contribution in [0.25, 0.3) is 22.2 Å². The number of halogens is 1. The first-order valence-electron chi connectivity index (χ1n) is 12.5. The van der Waals surface area contributed by atoms with Gasteiger partial charge in [-0.1, -0.05) is 6.07 Å². The van der Waals surface area contributed by atoms with Crippen LogP contribution >= 0.6 is 0 Å². The number of H-pyrrole nitrogens is 1. The normalized spacial score (nSPS) is 11.6. The minimum absolute atomic E-state index is 0.0176. The summed E-state index contributed by atoms with van der Waals surface area (Å²) in [5.74, 6) is -0.549.